The summed E-state index contributed by atoms with van der Waals surface area (Å²) in [6, 6.07) is 0.874. The van der Waals surface area contributed by atoms with E-state index in [0.717, 1.165) is 22.8 Å². The number of hydrogen-bond acceptors (Lipinski definition) is 4. The molecule has 1 atom stereocenters. The molecule has 1 N–H and O–H groups in total. The van der Waals surface area contributed by atoms with Crippen molar-refractivity contribution in [1.82, 2.24) is 9.29 Å². The first kappa shape index (κ1) is 13.9. The highest BCUT2D eigenvalue weighted by Crippen LogP contribution is 2.33. The van der Waals surface area contributed by atoms with E-state index in [1.807, 2.05) is 0 Å². The molecular weight excluding hydrogens is 275 g/mol. The van der Waals surface area contributed by atoms with Crippen molar-refractivity contribution in [1.29, 1.82) is 0 Å². The normalized spacial score (nSPS) is 24.5. The van der Waals surface area contributed by atoms with Gasteiger partial charge in [-0.15, -0.1) is 0 Å². The lowest BCUT2D eigenvalue weighted by Crippen LogP contribution is -2.35. The first-order chi connectivity index (χ1) is 8.75. The molecule has 1 aromatic heterocycles. The molecule has 2 rings (SSSR count). The van der Waals surface area contributed by atoms with E-state index < -0.39 is 27.2 Å². The lowest BCUT2D eigenvalue weighted by atomic mass is 9.90. The van der Waals surface area contributed by atoms with Crippen molar-refractivity contribution in [2.24, 2.45) is 5.41 Å². The lowest BCUT2D eigenvalue weighted by molar-refractivity contribution is -0.146. The number of halogens is 1. The van der Waals surface area contributed by atoms with Gasteiger partial charge >= 0.3 is 5.97 Å². The summed E-state index contributed by atoms with van der Waals surface area (Å²) < 4.78 is 38.5. The van der Waals surface area contributed by atoms with Gasteiger partial charge in [0.1, 0.15) is 10.7 Å². The summed E-state index contributed by atoms with van der Waals surface area (Å²) in [6.07, 6.45) is 2.18. The third-order valence-corrected chi connectivity index (χ3v) is 5.08. The van der Waals surface area contributed by atoms with Crippen LogP contribution in [0.5, 0.6) is 0 Å². The summed E-state index contributed by atoms with van der Waals surface area (Å²) in [4.78, 5) is 14.3. The van der Waals surface area contributed by atoms with E-state index in [0.29, 0.717) is 0 Å². The molecule has 1 saturated heterocycles. The van der Waals surface area contributed by atoms with Crippen LogP contribution < -0.4 is 0 Å². The number of aromatic nitrogens is 1. The maximum Gasteiger partial charge on any atom is 0.310 e. The summed E-state index contributed by atoms with van der Waals surface area (Å²) in [6.45, 7) is 1.47. The Balaban J connectivity index is 2.31. The predicted molar refractivity (Wildman–Crippen MR) is 63.3 cm³/mol. The monoisotopic (exact) mass is 288 g/mol. The lowest BCUT2D eigenvalue weighted by Gasteiger charge is -2.19. The molecule has 2 heterocycles. The Labute approximate surface area is 109 Å². The smallest absolute Gasteiger partial charge is 0.310 e. The molecule has 1 aliphatic rings. The van der Waals surface area contributed by atoms with Gasteiger partial charge in [-0.2, -0.15) is 4.31 Å². The number of carbonyl (C=O) groups is 1. The topological polar surface area (TPSA) is 87.6 Å². The number of nitrogens with zero attached hydrogens (tertiary/aromatic N) is 2. The molecule has 0 amide bonds. The van der Waals surface area contributed by atoms with E-state index in [-0.39, 0.29) is 24.4 Å². The molecule has 6 nitrogen and oxygen atoms in total. The number of hydrogen-bond donors (Lipinski definition) is 1. The first-order valence-corrected chi connectivity index (χ1v) is 7.04. The van der Waals surface area contributed by atoms with Crippen LogP contribution in [-0.2, 0) is 14.8 Å². The van der Waals surface area contributed by atoms with E-state index in [9.17, 15) is 17.6 Å². The molecule has 0 bridgehead atoms. The molecule has 0 radical (unpaired) electrons. The molecular formula is C11H13FN2O4S. The van der Waals surface area contributed by atoms with Gasteiger partial charge < -0.3 is 5.11 Å². The summed E-state index contributed by atoms with van der Waals surface area (Å²) in [5.41, 5.74) is -1.10. The minimum atomic E-state index is -3.90. The highest BCUT2D eigenvalue weighted by Gasteiger charge is 2.44. The fourth-order valence-electron chi connectivity index (χ4n) is 1.98. The van der Waals surface area contributed by atoms with Gasteiger partial charge in [-0.1, -0.05) is 0 Å². The van der Waals surface area contributed by atoms with Crippen molar-refractivity contribution in [3.8, 4) is 0 Å². The first-order valence-electron chi connectivity index (χ1n) is 5.60. The third-order valence-electron chi connectivity index (χ3n) is 3.27. The largest absolute Gasteiger partial charge is 0.481 e. The fraction of sp³-hybridized carbons (Fsp3) is 0.455. The van der Waals surface area contributed by atoms with Gasteiger partial charge in [0.25, 0.3) is 0 Å². The van der Waals surface area contributed by atoms with E-state index in [1.165, 1.54) is 6.92 Å². The third kappa shape index (κ3) is 2.45. The van der Waals surface area contributed by atoms with Crippen LogP contribution in [0.25, 0.3) is 0 Å². The summed E-state index contributed by atoms with van der Waals surface area (Å²) in [5.74, 6) is -1.79. The molecule has 19 heavy (non-hydrogen) atoms. The maximum absolute atomic E-state index is 13.0. The van der Waals surface area contributed by atoms with E-state index >= 15 is 0 Å². The number of sulfonamides is 1. The van der Waals surface area contributed by atoms with Crippen molar-refractivity contribution in [2.75, 3.05) is 13.1 Å². The summed E-state index contributed by atoms with van der Waals surface area (Å²) in [7, 11) is -3.90. The molecule has 104 valence electrons. The van der Waals surface area contributed by atoms with Crippen LogP contribution in [-0.4, -0.2) is 41.9 Å². The van der Waals surface area contributed by atoms with Crippen molar-refractivity contribution in [3.63, 3.8) is 0 Å². The Bertz CT molecular complexity index is 619. The van der Waals surface area contributed by atoms with Crippen molar-refractivity contribution < 1.29 is 22.7 Å². The fourth-order valence-corrected chi connectivity index (χ4v) is 3.52. The van der Waals surface area contributed by atoms with Crippen molar-refractivity contribution >= 4 is 16.0 Å². The van der Waals surface area contributed by atoms with Gasteiger partial charge in [-0.05, 0) is 19.4 Å². The number of carboxylic acid groups (broad SMARTS) is 1. The molecule has 1 aliphatic heterocycles. The molecule has 0 aliphatic carbocycles. The second-order valence-electron chi connectivity index (χ2n) is 4.79. The van der Waals surface area contributed by atoms with Crippen LogP contribution in [0.15, 0.2) is 23.4 Å². The second kappa shape index (κ2) is 4.53. The van der Waals surface area contributed by atoms with Crippen LogP contribution >= 0.6 is 0 Å². The Hall–Kier alpha value is -1.54. The average Bonchev–Trinajstić information content (AvgIpc) is 2.74. The van der Waals surface area contributed by atoms with Gasteiger partial charge in [0, 0.05) is 19.3 Å². The Morgan fingerprint density at radius 3 is 2.74 bits per heavy atom. The zero-order chi connectivity index (χ0) is 14.3. The van der Waals surface area contributed by atoms with Crippen molar-refractivity contribution in [2.45, 2.75) is 18.2 Å². The van der Waals surface area contributed by atoms with Gasteiger partial charge in [0.15, 0.2) is 0 Å². The Morgan fingerprint density at radius 2 is 2.21 bits per heavy atom. The standard InChI is InChI=1S/C11H13FN2O4S/c1-11(10(15)16)2-3-14(7-11)19(17,18)9-4-8(12)5-13-6-9/h4-6H,2-3,7H2,1H3,(H,15,16). The molecule has 1 fully saturated rings. The average molecular weight is 288 g/mol. The SMILES string of the molecule is CC1(C(=O)O)CCN(S(=O)(=O)c2cncc(F)c2)C1. The molecule has 0 spiro atoms. The second-order valence-corrected chi connectivity index (χ2v) is 6.73. The quantitative estimate of drug-likeness (QED) is 0.885. The minimum Gasteiger partial charge on any atom is -0.481 e. The Morgan fingerprint density at radius 1 is 1.53 bits per heavy atom. The molecule has 1 unspecified atom stereocenters. The highest BCUT2D eigenvalue weighted by molar-refractivity contribution is 7.89. The van der Waals surface area contributed by atoms with Gasteiger partial charge in [0.05, 0.1) is 11.6 Å². The number of carboxylic acids is 1. The molecule has 1 aromatic rings. The van der Waals surface area contributed by atoms with E-state index in [4.69, 9.17) is 5.11 Å². The van der Waals surface area contributed by atoms with Gasteiger partial charge in [-0.25, -0.2) is 12.8 Å². The van der Waals surface area contributed by atoms with Crippen LogP contribution in [0.1, 0.15) is 13.3 Å². The molecule has 8 heteroatoms. The zero-order valence-electron chi connectivity index (χ0n) is 10.2. The number of aliphatic carboxylic acids is 1. The highest BCUT2D eigenvalue weighted by atomic mass is 32.2. The van der Waals surface area contributed by atoms with Gasteiger partial charge in [0.2, 0.25) is 10.0 Å². The molecule has 0 aromatic carbocycles. The maximum atomic E-state index is 13.0. The summed E-state index contributed by atoms with van der Waals surface area (Å²) >= 11 is 0. The van der Waals surface area contributed by atoms with E-state index in [1.54, 1.807) is 0 Å². The zero-order valence-corrected chi connectivity index (χ0v) is 11.0. The summed E-state index contributed by atoms with van der Waals surface area (Å²) in [5, 5.41) is 9.08. The van der Waals surface area contributed by atoms with Crippen LogP contribution in [0.3, 0.4) is 0 Å². The van der Waals surface area contributed by atoms with E-state index in [2.05, 4.69) is 4.98 Å². The predicted octanol–water partition coefficient (Wildman–Crippen LogP) is 0.706. The van der Waals surface area contributed by atoms with Crippen LogP contribution in [0.2, 0.25) is 0 Å². The minimum absolute atomic E-state index is 0.0989. The number of rotatable bonds is 3. The Kier molecular flexibility index (Phi) is 3.31. The van der Waals surface area contributed by atoms with Crippen LogP contribution in [0, 0.1) is 11.2 Å². The van der Waals surface area contributed by atoms with Crippen molar-refractivity contribution in [3.05, 3.63) is 24.3 Å². The molecule has 0 saturated carbocycles. The van der Waals surface area contributed by atoms with Gasteiger partial charge in [-0.3, -0.25) is 9.78 Å². The number of pyridine rings is 1. The van der Waals surface area contributed by atoms with Crippen LogP contribution in [0.4, 0.5) is 4.39 Å².